The van der Waals surface area contributed by atoms with Crippen LogP contribution in [0.25, 0.3) is 0 Å². The van der Waals surface area contributed by atoms with Gasteiger partial charge in [-0.05, 0) is 6.42 Å². The number of rotatable bonds is 9. The highest BCUT2D eigenvalue weighted by Crippen LogP contribution is 2.24. The van der Waals surface area contributed by atoms with Gasteiger partial charge in [0.2, 0.25) is 5.91 Å². The molecule has 2 nitrogen and oxygen atoms in total. The van der Waals surface area contributed by atoms with Crippen LogP contribution in [-0.4, -0.2) is 5.91 Å². The van der Waals surface area contributed by atoms with E-state index in [0.717, 1.165) is 12.1 Å². The zero-order chi connectivity index (χ0) is 12.5. The Bertz CT molecular complexity index is 247. The lowest BCUT2D eigenvalue weighted by Crippen LogP contribution is -2.11. The third-order valence-corrected chi connectivity index (χ3v) is 3.63. The Morgan fingerprint density at radius 3 is 2.24 bits per heavy atom. The number of allylic oxidation sites excluding steroid dienone is 1. The Hall–Kier alpha value is -0.790. The van der Waals surface area contributed by atoms with Crippen molar-refractivity contribution in [1.82, 2.24) is 5.32 Å². The minimum absolute atomic E-state index is 0.152. The molecule has 0 aromatic heterocycles. The second-order valence-electron chi connectivity index (χ2n) is 5.24. The fraction of sp³-hybridized carbons (Fsp3) is 0.800. The van der Waals surface area contributed by atoms with Crippen molar-refractivity contribution in [2.45, 2.75) is 71.1 Å². The zero-order valence-electron chi connectivity index (χ0n) is 11.3. The van der Waals surface area contributed by atoms with Crippen LogP contribution in [0.3, 0.4) is 0 Å². The first kappa shape index (κ1) is 14.3. The summed E-state index contributed by atoms with van der Waals surface area (Å²) in [5.41, 5.74) is 0.943. The van der Waals surface area contributed by atoms with Crippen molar-refractivity contribution in [3.05, 3.63) is 12.3 Å². The summed E-state index contributed by atoms with van der Waals surface area (Å²) >= 11 is 0. The van der Waals surface area contributed by atoms with Crippen molar-refractivity contribution in [2.75, 3.05) is 0 Å². The molecule has 1 unspecified atom stereocenters. The van der Waals surface area contributed by atoms with Gasteiger partial charge < -0.3 is 5.32 Å². The molecule has 1 aliphatic heterocycles. The Labute approximate surface area is 106 Å². The van der Waals surface area contributed by atoms with Gasteiger partial charge in [-0.3, -0.25) is 4.79 Å². The van der Waals surface area contributed by atoms with Gasteiger partial charge in [0.15, 0.2) is 0 Å². The first-order chi connectivity index (χ1) is 8.24. The van der Waals surface area contributed by atoms with E-state index in [1.54, 1.807) is 0 Å². The Kier molecular flexibility index (Phi) is 6.99. The highest BCUT2D eigenvalue weighted by molar-refractivity contribution is 5.81. The molecule has 2 heteroatoms. The molecule has 98 valence electrons. The van der Waals surface area contributed by atoms with Gasteiger partial charge in [0.25, 0.3) is 0 Å². The number of hydrogen-bond donors (Lipinski definition) is 1. The van der Waals surface area contributed by atoms with E-state index < -0.39 is 0 Å². The van der Waals surface area contributed by atoms with Crippen molar-refractivity contribution in [1.29, 1.82) is 0 Å². The normalized spacial score (nSPS) is 19.7. The van der Waals surface area contributed by atoms with Crippen LogP contribution in [0.2, 0.25) is 0 Å². The monoisotopic (exact) mass is 237 g/mol. The maximum atomic E-state index is 11.1. The minimum atomic E-state index is 0.152. The summed E-state index contributed by atoms with van der Waals surface area (Å²) in [6.45, 7) is 6.16. The van der Waals surface area contributed by atoms with Crippen LogP contribution in [0, 0.1) is 5.92 Å². The molecule has 1 aliphatic rings. The van der Waals surface area contributed by atoms with Gasteiger partial charge in [-0.25, -0.2) is 0 Å². The predicted octanol–water partition coefficient (Wildman–Crippen LogP) is 4.17. The van der Waals surface area contributed by atoms with Crippen LogP contribution < -0.4 is 5.32 Å². The Balaban J connectivity index is 1.91. The number of hydrogen-bond acceptors (Lipinski definition) is 1. The largest absolute Gasteiger partial charge is 0.330 e. The number of amides is 1. The summed E-state index contributed by atoms with van der Waals surface area (Å²) in [5.74, 6) is 0.558. The van der Waals surface area contributed by atoms with E-state index >= 15 is 0 Å². The van der Waals surface area contributed by atoms with Gasteiger partial charge in [0.1, 0.15) is 0 Å². The zero-order valence-corrected chi connectivity index (χ0v) is 11.3. The van der Waals surface area contributed by atoms with E-state index in [2.05, 4.69) is 18.8 Å². The van der Waals surface area contributed by atoms with E-state index in [9.17, 15) is 4.79 Å². The van der Waals surface area contributed by atoms with Gasteiger partial charge in [-0.15, -0.1) is 0 Å². The fourth-order valence-electron chi connectivity index (χ4n) is 2.48. The molecule has 1 amide bonds. The van der Waals surface area contributed by atoms with Gasteiger partial charge >= 0.3 is 0 Å². The smallest absolute Gasteiger partial charge is 0.224 e. The quantitative estimate of drug-likeness (QED) is 0.599. The molecular formula is C15H27NO. The van der Waals surface area contributed by atoms with Crippen molar-refractivity contribution in [3.8, 4) is 0 Å². The summed E-state index contributed by atoms with van der Waals surface area (Å²) in [6, 6.07) is 0. The van der Waals surface area contributed by atoms with Gasteiger partial charge in [-0.2, -0.15) is 0 Å². The minimum Gasteiger partial charge on any atom is -0.330 e. The second-order valence-corrected chi connectivity index (χ2v) is 5.24. The third kappa shape index (κ3) is 5.90. The fourth-order valence-corrected chi connectivity index (χ4v) is 2.48. The van der Waals surface area contributed by atoms with Crippen LogP contribution in [0.4, 0.5) is 0 Å². The molecule has 0 aliphatic carbocycles. The molecule has 0 radical (unpaired) electrons. The average Bonchev–Trinajstić information content (AvgIpc) is 2.61. The topological polar surface area (TPSA) is 29.1 Å². The molecule has 0 aromatic rings. The Morgan fingerprint density at radius 1 is 1.12 bits per heavy atom. The first-order valence-corrected chi connectivity index (χ1v) is 7.22. The summed E-state index contributed by atoms with van der Waals surface area (Å²) < 4.78 is 0. The molecule has 1 saturated heterocycles. The van der Waals surface area contributed by atoms with Crippen molar-refractivity contribution >= 4 is 5.91 Å². The van der Waals surface area contributed by atoms with Crippen LogP contribution in [0.1, 0.15) is 71.1 Å². The molecule has 0 bridgehead atoms. The molecule has 1 atom stereocenters. The highest BCUT2D eigenvalue weighted by Gasteiger charge is 2.24. The average molecular weight is 237 g/mol. The van der Waals surface area contributed by atoms with Gasteiger partial charge in [-0.1, -0.05) is 64.9 Å². The van der Waals surface area contributed by atoms with Crippen LogP contribution >= 0.6 is 0 Å². The summed E-state index contributed by atoms with van der Waals surface area (Å²) in [5, 5.41) is 2.81. The summed E-state index contributed by atoms with van der Waals surface area (Å²) in [7, 11) is 0. The molecule has 1 N–H and O–H groups in total. The SMILES string of the molecule is C=C1NC(=O)CC1CCCCCCCCCC. The Morgan fingerprint density at radius 2 is 1.71 bits per heavy atom. The molecule has 0 spiro atoms. The molecule has 1 rings (SSSR count). The molecule has 0 saturated carbocycles. The van der Waals surface area contributed by atoms with E-state index in [1.807, 2.05) is 0 Å². The molecule has 1 heterocycles. The summed E-state index contributed by atoms with van der Waals surface area (Å²) in [6.07, 6.45) is 12.6. The molecule has 0 aromatic carbocycles. The lowest BCUT2D eigenvalue weighted by molar-refractivity contribution is -0.119. The molecule has 1 fully saturated rings. The molecular weight excluding hydrogens is 210 g/mol. The predicted molar refractivity (Wildman–Crippen MR) is 72.6 cm³/mol. The first-order valence-electron chi connectivity index (χ1n) is 7.22. The van der Waals surface area contributed by atoms with Crippen molar-refractivity contribution in [3.63, 3.8) is 0 Å². The number of carbonyl (C=O) groups excluding carboxylic acids is 1. The molecule has 17 heavy (non-hydrogen) atoms. The number of carbonyl (C=O) groups is 1. The van der Waals surface area contributed by atoms with E-state index in [4.69, 9.17) is 0 Å². The highest BCUT2D eigenvalue weighted by atomic mass is 16.1. The van der Waals surface area contributed by atoms with Gasteiger partial charge in [0, 0.05) is 18.0 Å². The van der Waals surface area contributed by atoms with Gasteiger partial charge in [0.05, 0.1) is 0 Å². The van der Waals surface area contributed by atoms with E-state index in [-0.39, 0.29) is 5.91 Å². The maximum absolute atomic E-state index is 11.1. The second kappa shape index (κ2) is 8.32. The third-order valence-electron chi connectivity index (χ3n) is 3.63. The maximum Gasteiger partial charge on any atom is 0.224 e. The lowest BCUT2D eigenvalue weighted by Gasteiger charge is -2.08. The number of unbranched alkanes of at least 4 members (excludes halogenated alkanes) is 7. The van der Waals surface area contributed by atoms with Crippen molar-refractivity contribution in [2.24, 2.45) is 5.92 Å². The summed E-state index contributed by atoms with van der Waals surface area (Å²) in [4.78, 5) is 11.1. The van der Waals surface area contributed by atoms with E-state index in [1.165, 1.54) is 51.4 Å². The van der Waals surface area contributed by atoms with Crippen LogP contribution in [-0.2, 0) is 4.79 Å². The van der Waals surface area contributed by atoms with Crippen LogP contribution in [0.15, 0.2) is 12.3 Å². The van der Waals surface area contributed by atoms with Crippen LogP contribution in [0.5, 0.6) is 0 Å². The standard InChI is InChI=1S/C15H27NO/c1-3-4-5-6-7-8-9-10-11-14-12-15(17)16-13(14)2/h14H,2-12H2,1H3,(H,16,17). The lowest BCUT2D eigenvalue weighted by atomic mass is 9.97. The number of nitrogens with one attached hydrogen (secondary N) is 1. The van der Waals surface area contributed by atoms with Crippen molar-refractivity contribution < 1.29 is 4.79 Å². The van der Waals surface area contributed by atoms with E-state index in [0.29, 0.717) is 12.3 Å².